The maximum Gasteiger partial charge on any atom is 0.138 e. The van der Waals surface area contributed by atoms with Crippen LogP contribution in [0, 0.1) is 11.8 Å². The number of hydrogen-bond donors (Lipinski definition) is 1. The van der Waals surface area contributed by atoms with E-state index in [1.165, 1.54) is 0 Å². The smallest absolute Gasteiger partial charge is 0.138 e. The molecule has 1 aromatic rings. The molecule has 0 radical (unpaired) electrons. The van der Waals surface area contributed by atoms with E-state index in [-0.39, 0.29) is 0 Å². The van der Waals surface area contributed by atoms with Gasteiger partial charge in [-0.1, -0.05) is 18.8 Å². The van der Waals surface area contributed by atoms with Gasteiger partial charge in [-0.05, 0) is 12.5 Å². The summed E-state index contributed by atoms with van der Waals surface area (Å²) in [6.07, 6.45) is 4.51. The van der Waals surface area contributed by atoms with E-state index in [0.717, 1.165) is 57.1 Å². The minimum absolute atomic E-state index is 0.722. The van der Waals surface area contributed by atoms with E-state index in [0.29, 0.717) is 0 Å². The molecule has 0 unspecified atom stereocenters. The fraction of sp³-hybridized carbons (Fsp3) is 0.533. The molecule has 1 fully saturated rings. The Balaban J connectivity index is 1.87. The number of pyridine rings is 1. The first kappa shape index (κ1) is 13.9. The van der Waals surface area contributed by atoms with E-state index in [1.54, 1.807) is 12.4 Å². The molecule has 1 aliphatic rings. The van der Waals surface area contributed by atoms with E-state index in [4.69, 9.17) is 4.74 Å². The average molecular weight is 259 g/mol. The van der Waals surface area contributed by atoms with Crippen molar-refractivity contribution in [2.24, 2.45) is 0 Å². The maximum atomic E-state index is 5.54. The molecule has 2 heterocycles. The topological polar surface area (TPSA) is 37.4 Å². The lowest BCUT2D eigenvalue weighted by atomic mass is 10.2. The highest BCUT2D eigenvalue weighted by atomic mass is 16.5. The third-order valence-electron chi connectivity index (χ3n) is 2.93. The standard InChI is InChI=1S/C15H21N3O/c1-2-10-19-15-11-14(12-17-13-15)4-3-7-18-8-5-16-6-9-18/h11-13,16H,2,5-10H2,1H3. The van der Waals surface area contributed by atoms with Crippen molar-refractivity contribution in [3.63, 3.8) is 0 Å². The van der Waals surface area contributed by atoms with Crippen LogP contribution in [0.15, 0.2) is 18.5 Å². The zero-order chi connectivity index (χ0) is 13.3. The third-order valence-corrected chi connectivity index (χ3v) is 2.93. The van der Waals surface area contributed by atoms with Crippen molar-refractivity contribution in [2.75, 3.05) is 39.3 Å². The van der Waals surface area contributed by atoms with Crippen LogP contribution in [0.25, 0.3) is 0 Å². The van der Waals surface area contributed by atoms with Crippen molar-refractivity contribution in [1.29, 1.82) is 0 Å². The number of rotatable bonds is 4. The molecule has 19 heavy (non-hydrogen) atoms. The zero-order valence-corrected chi connectivity index (χ0v) is 11.5. The van der Waals surface area contributed by atoms with Crippen molar-refractivity contribution < 1.29 is 4.74 Å². The minimum Gasteiger partial charge on any atom is -0.492 e. The monoisotopic (exact) mass is 259 g/mol. The van der Waals surface area contributed by atoms with Gasteiger partial charge in [0.25, 0.3) is 0 Å². The van der Waals surface area contributed by atoms with Crippen LogP contribution in [0.3, 0.4) is 0 Å². The minimum atomic E-state index is 0.722. The van der Waals surface area contributed by atoms with Crippen LogP contribution in [0.1, 0.15) is 18.9 Å². The van der Waals surface area contributed by atoms with Crippen molar-refractivity contribution in [3.05, 3.63) is 24.0 Å². The molecule has 1 saturated heterocycles. The maximum absolute atomic E-state index is 5.54. The molecule has 0 amide bonds. The van der Waals surface area contributed by atoms with Crippen LogP contribution in [-0.2, 0) is 0 Å². The second-order valence-corrected chi connectivity index (χ2v) is 4.59. The Labute approximate surface area is 115 Å². The molecular formula is C15H21N3O. The molecule has 0 aromatic carbocycles. The lowest BCUT2D eigenvalue weighted by Gasteiger charge is -2.24. The summed E-state index contributed by atoms with van der Waals surface area (Å²) in [7, 11) is 0. The molecule has 0 saturated carbocycles. The van der Waals surface area contributed by atoms with Gasteiger partial charge in [-0.25, -0.2) is 0 Å². The highest BCUT2D eigenvalue weighted by Gasteiger charge is 2.06. The van der Waals surface area contributed by atoms with Gasteiger partial charge in [0.1, 0.15) is 5.75 Å². The van der Waals surface area contributed by atoms with Crippen LogP contribution in [0.5, 0.6) is 5.75 Å². The van der Waals surface area contributed by atoms with Gasteiger partial charge >= 0.3 is 0 Å². The lowest BCUT2D eigenvalue weighted by Crippen LogP contribution is -2.43. The van der Waals surface area contributed by atoms with Gasteiger partial charge in [0.2, 0.25) is 0 Å². The second-order valence-electron chi connectivity index (χ2n) is 4.59. The molecule has 102 valence electrons. The molecule has 1 aromatic heterocycles. The van der Waals surface area contributed by atoms with E-state index in [1.807, 2.05) is 6.07 Å². The Hall–Kier alpha value is -1.57. The van der Waals surface area contributed by atoms with Gasteiger partial charge in [0.05, 0.1) is 19.3 Å². The highest BCUT2D eigenvalue weighted by molar-refractivity contribution is 5.36. The molecule has 0 spiro atoms. The number of nitrogens with one attached hydrogen (secondary N) is 1. The van der Waals surface area contributed by atoms with Crippen LogP contribution in [0.2, 0.25) is 0 Å². The number of hydrogen-bond acceptors (Lipinski definition) is 4. The molecule has 4 nitrogen and oxygen atoms in total. The van der Waals surface area contributed by atoms with E-state index in [2.05, 4.69) is 34.0 Å². The van der Waals surface area contributed by atoms with Gasteiger partial charge < -0.3 is 10.1 Å². The Morgan fingerprint density at radius 2 is 2.21 bits per heavy atom. The fourth-order valence-electron chi connectivity index (χ4n) is 1.91. The van der Waals surface area contributed by atoms with Crippen LogP contribution >= 0.6 is 0 Å². The summed E-state index contributed by atoms with van der Waals surface area (Å²) in [5, 5.41) is 3.33. The van der Waals surface area contributed by atoms with Gasteiger partial charge in [-0.2, -0.15) is 0 Å². The first-order chi connectivity index (χ1) is 9.38. The molecule has 4 heteroatoms. The van der Waals surface area contributed by atoms with Crippen molar-refractivity contribution in [1.82, 2.24) is 15.2 Å². The highest BCUT2D eigenvalue weighted by Crippen LogP contribution is 2.10. The summed E-state index contributed by atoms with van der Waals surface area (Å²) in [4.78, 5) is 6.51. The van der Waals surface area contributed by atoms with Gasteiger partial charge in [-0.3, -0.25) is 9.88 Å². The first-order valence-corrected chi connectivity index (χ1v) is 6.88. The van der Waals surface area contributed by atoms with Crippen LogP contribution in [-0.4, -0.2) is 49.2 Å². The van der Waals surface area contributed by atoms with Crippen molar-refractivity contribution in [3.8, 4) is 17.6 Å². The molecular weight excluding hydrogens is 238 g/mol. The Morgan fingerprint density at radius 1 is 1.37 bits per heavy atom. The van der Waals surface area contributed by atoms with Crippen LogP contribution in [0.4, 0.5) is 0 Å². The average Bonchev–Trinajstić information content (AvgIpc) is 2.47. The number of ether oxygens (including phenoxy) is 1. The zero-order valence-electron chi connectivity index (χ0n) is 11.5. The number of nitrogens with zero attached hydrogens (tertiary/aromatic N) is 2. The van der Waals surface area contributed by atoms with Gasteiger partial charge in [0, 0.05) is 37.9 Å². The Bertz CT molecular complexity index is 444. The molecule has 2 rings (SSSR count). The quantitative estimate of drug-likeness (QED) is 0.823. The fourth-order valence-corrected chi connectivity index (χ4v) is 1.91. The summed E-state index contributed by atoms with van der Waals surface area (Å²) in [5.74, 6) is 7.16. The van der Waals surface area contributed by atoms with Gasteiger partial charge in [-0.15, -0.1) is 0 Å². The van der Waals surface area contributed by atoms with Gasteiger partial charge in [0.15, 0.2) is 0 Å². The molecule has 0 aliphatic carbocycles. The van der Waals surface area contributed by atoms with Crippen molar-refractivity contribution in [2.45, 2.75) is 13.3 Å². The van der Waals surface area contributed by atoms with Crippen molar-refractivity contribution >= 4 is 0 Å². The number of piperazine rings is 1. The molecule has 0 atom stereocenters. The summed E-state index contributed by atoms with van der Waals surface area (Å²) in [5.41, 5.74) is 0.920. The predicted molar refractivity (Wildman–Crippen MR) is 76.2 cm³/mol. The summed E-state index contributed by atoms with van der Waals surface area (Å²) in [6, 6.07) is 1.95. The summed E-state index contributed by atoms with van der Waals surface area (Å²) < 4.78 is 5.54. The Kier molecular flexibility index (Phi) is 5.67. The first-order valence-electron chi connectivity index (χ1n) is 6.88. The van der Waals surface area contributed by atoms with E-state index < -0.39 is 0 Å². The molecule has 1 aliphatic heterocycles. The number of aromatic nitrogens is 1. The van der Waals surface area contributed by atoms with E-state index >= 15 is 0 Å². The SMILES string of the molecule is CCCOc1cncc(C#CCN2CCNCC2)c1. The van der Waals surface area contributed by atoms with Crippen LogP contribution < -0.4 is 10.1 Å². The summed E-state index contributed by atoms with van der Waals surface area (Å²) >= 11 is 0. The largest absolute Gasteiger partial charge is 0.492 e. The second kappa shape index (κ2) is 7.78. The van der Waals surface area contributed by atoms with E-state index in [9.17, 15) is 0 Å². The Morgan fingerprint density at radius 3 is 3.00 bits per heavy atom. The molecule has 1 N–H and O–H groups in total. The molecule has 0 bridgehead atoms. The predicted octanol–water partition coefficient (Wildman–Crippen LogP) is 1.13. The summed E-state index contributed by atoms with van der Waals surface area (Å²) in [6.45, 7) is 7.90. The lowest BCUT2D eigenvalue weighted by molar-refractivity contribution is 0.268. The third kappa shape index (κ3) is 4.90. The normalized spacial score (nSPS) is 15.6.